The molecule has 1 aliphatic rings. The number of aromatic amines is 1. The Bertz CT molecular complexity index is 1570. The van der Waals surface area contributed by atoms with E-state index in [-0.39, 0.29) is 24.1 Å². The minimum atomic E-state index is -1.24. The van der Waals surface area contributed by atoms with Crippen molar-refractivity contribution >= 4 is 35.0 Å². The fraction of sp³-hybridized carbons (Fsp3) is 0.286. The van der Waals surface area contributed by atoms with Gasteiger partial charge in [-0.1, -0.05) is 0 Å². The van der Waals surface area contributed by atoms with Crippen LogP contribution >= 0.6 is 0 Å². The summed E-state index contributed by atoms with van der Waals surface area (Å²) in [5.41, 5.74) is 4.27. The van der Waals surface area contributed by atoms with E-state index in [9.17, 15) is 44.4 Å². The number of ketones is 2. The van der Waals surface area contributed by atoms with Crippen LogP contribution in [0.1, 0.15) is 56.8 Å². The highest BCUT2D eigenvalue weighted by Crippen LogP contribution is 2.42. The number of rotatable bonds is 13. The number of hydrogen-bond acceptors (Lipinski definition) is 11. The highest BCUT2D eigenvalue weighted by molar-refractivity contribution is 6.32. The van der Waals surface area contributed by atoms with Crippen molar-refractivity contribution < 1.29 is 44.4 Å². The van der Waals surface area contributed by atoms with Crippen molar-refractivity contribution in [2.45, 2.75) is 37.8 Å². The van der Waals surface area contributed by atoms with Crippen LogP contribution in [0.25, 0.3) is 0 Å². The highest BCUT2D eigenvalue weighted by Gasteiger charge is 2.38. The topological polar surface area (TPSA) is 257 Å². The van der Waals surface area contributed by atoms with Gasteiger partial charge in [0.1, 0.15) is 29.3 Å². The van der Waals surface area contributed by atoms with Crippen LogP contribution in [0.2, 0.25) is 0 Å². The Kier molecular flexibility index (Phi) is 9.25. The smallest absolute Gasteiger partial charge is 0.326 e. The van der Waals surface area contributed by atoms with Gasteiger partial charge in [-0.3, -0.25) is 19.2 Å². The average Bonchev–Trinajstić information content (AvgIpc) is 3.48. The number of benzene rings is 2. The van der Waals surface area contributed by atoms with Crippen molar-refractivity contribution in [2.75, 3.05) is 18.4 Å². The number of nitrogens with two attached hydrogens (primary N) is 1. The van der Waals surface area contributed by atoms with Crippen molar-refractivity contribution in [3.8, 4) is 17.2 Å². The molecule has 1 heterocycles. The maximum atomic E-state index is 13.3. The van der Waals surface area contributed by atoms with Gasteiger partial charge in [0.2, 0.25) is 23.4 Å². The van der Waals surface area contributed by atoms with E-state index in [1.807, 2.05) is 0 Å². The van der Waals surface area contributed by atoms with Crippen LogP contribution in [0.3, 0.4) is 0 Å². The third kappa shape index (κ3) is 6.56. The van der Waals surface area contributed by atoms with Gasteiger partial charge in [0.25, 0.3) is 0 Å². The molecule has 1 aliphatic carbocycles. The number of phenols is 3. The third-order valence-corrected chi connectivity index (χ3v) is 6.88. The number of aromatic nitrogens is 2. The lowest BCUT2D eigenvalue weighted by Crippen LogP contribution is -2.53. The number of nitrogens with one attached hydrogen (secondary N) is 4. The van der Waals surface area contributed by atoms with E-state index < -0.39 is 81.9 Å². The number of carboxylic acid groups (broad SMARTS) is 1. The predicted octanol–water partition coefficient (Wildman–Crippen LogP) is 0.140. The average molecular weight is 595 g/mol. The van der Waals surface area contributed by atoms with Crippen molar-refractivity contribution in [3.05, 3.63) is 64.7 Å². The lowest BCUT2D eigenvalue weighted by Gasteiger charge is -2.23. The second-order valence-corrected chi connectivity index (χ2v) is 9.83. The Balaban J connectivity index is 1.52. The van der Waals surface area contributed by atoms with E-state index in [2.05, 4.69) is 25.9 Å². The van der Waals surface area contributed by atoms with Gasteiger partial charge in [0.05, 0.1) is 35.1 Å². The summed E-state index contributed by atoms with van der Waals surface area (Å²) < 4.78 is 0. The van der Waals surface area contributed by atoms with Crippen LogP contribution in [0, 0.1) is 0 Å². The molecule has 1 aromatic heterocycles. The molecule has 4 rings (SSSR count). The molecule has 0 aliphatic heterocycles. The summed E-state index contributed by atoms with van der Waals surface area (Å²) in [6.07, 6.45) is 3.95. The Morgan fingerprint density at radius 2 is 1.47 bits per heavy atom. The normalized spacial score (nSPS) is 13.4. The van der Waals surface area contributed by atoms with Gasteiger partial charge in [-0.25, -0.2) is 9.78 Å². The maximum Gasteiger partial charge on any atom is 0.326 e. The molecule has 3 aromatic rings. The Morgan fingerprint density at radius 1 is 0.860 bits per heavy atom. The molecule has 0 spiro atoms. The van der Waals surface area contributed by atoms with E-state index in [4.69, 9.17) is 5.73 Å². The Morgan fingerprint density at radius 3 is 2.05 bits per heavy atom. The molecule has 0 radical (unpaired) electrons. The predicted molar refractivity (Wildman–Crippen MR) is 150 cm³/mol. The second kappa shape index (κ2) is 13.0. The van der Waals surface area contributed by atoms with E-state index in [1.165, 1.54) is 18.6 Å². The molecule has 226 valence electrons. The summed E-state index contributed by atoms with van der Waals surface area (Å²) in [7, 11) is 0. The van der Waals surface area contributed by atoms with Crippen LogP contribution in [-0.2, 0) is 20.8 Å². The molecule has 2 amide bonds. The molecule has 0 saturated carbocycles. The van der Waals surface area contributed by atoms with Gasteiger partial charge in [-0.2, -0.15) is 0 Å². The van der Waals surface area contributed by atoms with Crippen LogP contribution in [0.4, 0.5) is 5.69 Å². The van der Waals surface area contributed by atoms with Crippen LogP contribution in [0.5, 0.6) is 17.2 Å². The second-order valence-electron chi connectivity index (χ2n) is 9.83. The van der Waals surface area contributed by atoms with Gasteiger partial charge < -0.3 is 47.1 Å². The molecule has 0 fully saturated rings. The van der Waals surface area contributed by atoms with Gasteiger partial charge in [0, 0.05) is 24.0 Å². The monoisotopic (exact) mass is 594 g/mol. The molecule has 15 nitrogen and oxygen atoms in total. The summed E-state index contributed by atoms with van der Waals surface area (Å²) in [5, 5.41) is 48.1. The van der Waals surface area contributed by atoms with Crippen molar-refractivity contribution in [2.24, 2.45) is 5.73 Å². The van der Waals surface area contributed by atoms with Crippen LogP contribution < -0.4 is 21.7 Å². The number of phenolic OH excluding ortho intramolecular Hbond substituents is 3. The van der Waals surface area contributed by atoms with Crippen molar-refractivity contribution in [1.82, 2.24) is 20.6 Å². The number of aromatic hydroxyl groups is 3. The zero-order valence-electron chi connectivity index (χ0n) is 22.7. The number of nitrogens with zero attached hydrogens (tertiary/aromatic N) is 1. The summed E-state index contributed by atoms with van der Waals surface area (Å²) in [5.74, 6) is -6.16. The number of fused-ring (bicyclic) bond motifs is 2. The molecular weight excluding hydrogens is 564 g/mol. The number of hydrogen-bond donors (Lipinski definition) is 9. The van der Waals surface area contributed by atoms with Crippen molar-refractivity contribution in [3.63, 3.8) is 0 Å². The molecule has 2 aromatic carbocycles. The van der Waals surface area contributed by atoms with E-state index in [0.29, 0.717) is 25.1 Å². The maximum absolute atomic E-state index is 13.3. The zero-order chi connectivity index (χ0) is 31.3. The number of imidazole rings is 1. The number of H-pyrrole nitrogens is 1. The molecule has 43 heavy (non-hydrogen) atoms. The van der Waals surface area contributed by atoms with E-state index in [0.717, 1.165) is 18.2 Å². The number of unbranched alkanes of at least 4 members (excludes halogenated alkanes) is 1. The minimum absolute atomic E-state index is 0.0323. The number of aliphatic carboxylic acids is 1. The first-order chi connectivity index (χ1) is 20.5. The Hall–Kier alpha value is -5.44. The number of carboxylic acids is 1. The van der Waals surface area contributed by atoms with Crippen LogP contribution in [0.15, 0.2) is 36.8 Å². The van der Waals surface area contributed by atoms with Crippen molar-refractivity contribution in [1.29, 1.82) is 0 Å². The Labute approximate surface area is 244 Å². The fourth-order valence-corrected chi connectivity index (χ4v) is 4.76. The fourth-order valence-electron chi connectivity index (χ4n) is 4.76. The molecule has 15 heteroatoms. The molecular formula is C28H30N6O9. The zero-order valence-corrected chi connectivity index (χ0v) is 22.7. The largest absolute Gasteiger partial charge is 0.507 e. The first-order valence-corrected chi connectivity index (χ1v) is 13.3. The first-order valence-electron chi connectivity index (χ1n) is 13.3. The summed E-state index contributed by atoms with van der Waals surface area (Å²) in [4.78, 5) is 71.0. The number of anilines is 1. The van der Waals surface area contributed by atoms with E-state index in [1.54, 1.807) is 0 Å². The van der Waals surface area contributed by atoms with Crippen LogP contribution in [-0.4, -0.2) is 84.9 Å². The quantitative estimate of drug-likeness (QED) is 0.0740. The van der Waals surface area contributed by atoms with Gasteiger partial charge in [-0.15, -0.1) is 0 Å². The molecule has 0 saturated heterocycles. The molecule has 2 unspecified atom stereocenters. The third-order valence-electron chi connectivity index (χ3n) is 6.88. The summed E-state index contributed by atoms with van der Waals surface area (Å²) >= 11 is 0. The van der Waals surface area contributed by atoms with Gasteiger partial charge in [0.15, 0.2) is 0 Å². The summed E-state index contributed by atoms with van der Waals surface area (Å²) in [6, 6.07) is 2.05. The molecule has 10 N–H and O–H groups in total. The molecule has 2 atom stereocenters. The van der Waals surface area contributed by atoms with Gasteiger partial charge >= 0.3 is 5.97 Å². The number of carbonyl (C=O) groups excluding carboxylic acids is 4. The molecule has 0 bridgehead atoms. The standard InChI is InChI=1S/C28H30N6O9/c29-8-2-1-3-15(28(42)43)34-27(41)16(9-13-10-30-12-32-13)33-20(38)11-31-14-4-5-17(35)22-21(14)25(39)23-18(36)6-7-19(37)24(23)26(22)40/h4-7,10,12,15-16,31,35-37H,1-3,8-9,11,29H2,(H,30,32)(H,33,38)(H,34,41)(H,42,43). The summed E-state index contributed by atoms with van der Waals surface area (Å²) in [6.45, 7) is -0.144. The lowest BCUT2D eigenvalue weighted by atomic mass is 9.81. The lowest BCUT2D eigenvalue weighted by molar-refractivity contribution is -0.142. The minimum Gasteiger partial charge on any atom is -0.507 e. The van der Waals surface area contributed by atoms with Gasteiger partial charge in [-0.05, 0) is 50.1 Å². The first kappa shape index (κ1) is 30.5. The number of carbonyl (C=O) groups is 5. The number of amides is 2. The van der Waals surface area contributed by atoms with E-state index >= 15 is 0 Å². The highest BCUT2D eigenvalue weighted by atomic mass is 16.4. The SMILES string of the molecule is NCCCCC(NC(=O)C(Cc1cnc[nH]1)NC(=O)CNc1ccc(O)c2c1C(=O)c1c(O)ccc(O)c1C2=O)C(=O)O.